The summed E-state index contributed by atoms with van der Waals surface area (Å²) in [5, 5.41) is 4.75. The average Bonchev–Trinajstić information content (AvgIpc) is 2.62. The van der Waals surface area contributed by atoms with Gasteiger partial charge in [0.15, 0.2) is 0 Å². The molecule has 1 fully saturated rings. The van der Waals surface area contributed by atoms with Gasteiger partial charge in [0.05, 0.1) is 6.04 Å². The van der Waals surface area contributed by atoms with E-state index in [1.54, 1.807) is 0 Å². The SMILES string of the molecule is CNC(=O)NC(=O)[C@H](C)N1CCN(Cc2ccc(C(C)C)cc2)CC1. The number of nitrogens with zero attached hydrogens (tertiary/aromatic N) is 2. The van der Waals surface area contributed by atoms with Gasteiger partial charge in [-0.25, -0.2) is 4.79 Å². The summed E-state index contributed by atoms with van der Waals surface area (Å²) >= 11 is 0. The highest BCUT2D eigenvalue weighted by Gasteiger charge is 2.26. The van der Waals surface area contributed by atoms with Crippen molar-refractivity contribution < 1.29 is 9.59 Å². The first-order valence-corrected chi connectivity index (χ1v) is 8.98. The summed E-state index contributed by atoms with van der Waals surface area (Å²) in [6.45, 7) is 10.7. The van der Waals surface area contributed by atoms with Gasteiger partial charge in [0, 0.05) is 39.8 Å². The van der Waals surface area contributed by atoms with Crippen LogP contribution >= 0.6 is 0 Å². The van der Waals surface area contributed by atoms with E-state index in [9.17, 15) is 9.59 Å². The minimum Gasteiger partial charge on any atom is -0.341 e. The van der Waals surface area contributed by atoms with Crippen LogP contribution in [0.1, 0.15) is 37.8 Å². The van der Waals surface area contributed by atoms with Gasteiger partial charge in [-0.3, -0.25) is 19.9 Å². The van der Waals surface area contributed by atoms with Crippen molar-refractivity contribution in [3.8, 4) is 0 Å². The van der Waals surface area contributed by atoms with Gasteiger partial charge < -0.3 is 5.32 Å². The second kappa shape index (κ2) is 8.97. The van der Waals surface area contributed by atoms with Crippen LogP contribution in [-0.2, 0) is 11.3 Å². The standard InChI is InChI=1S/C19H30N4O2/c1-14(2)17-7-5-16(6-8-17)13-22-9-11-23(12-10-22)15(3)18(24)21-19(25)20-4/h5-8,14-15H,9-13H2,1-4H3,(H2,20,21,24,25)/t15-/m0/s1. The van der Waals surface area contributed by atoms with Gasteiger partial charge in [0.1, 0.15) is 0 Å². The van der Waals surface area contributed by atoms with Crippen LogP contribution in [0.5, 0.6) is 0 Å². The van der Waals surface area contributed by atoms with Gasteiger partial charge in [-0.05, 0) is 24.0 Å². The maximum absolute atomic E-state index is 12.0. The molecule has 0 aromatic heterocycles. The third-order valence-electron chi connectivity index (χ3n) is 4.85. The molecule has 3 amide bonds. The maximum atomic E-state index is 12.0. The smallest absolute Gasteiger partial charge is 0.321 e. The third-order valence-corrected chi connectivity index (χ3v) is 4.85. The van der Waals surface area contributed by atoms with Crippen LogP contribution in [0.25, 0.3) is 0 Å². The van der Waals surface area contributed by atoms with Crippen molar-refractivity contribution in [3.63, 3.8) is 0 Å². The monoisotopic (exact) mass is 346 g/mol. The molecule has 1 heterocycles. The van der Waals surface area contributed by atoms with Crippen molar-refractivity contribution >= 4 is 11.9 Å². The highest BCUT2D eigenvalue weighted by Crippen LogP contribution is 2.16. The Morgan fingerprint density at radius 1 is 1.04 bits per heavy atom. The molecule has 1 aliphatic heterocycles. The number of benzene rings is 1. The van der Waals surface area contributed by atoms with E-state index >= 15 is 0 Å². The molecule has 0 bridgehead atoms. The number of amides is 3. The van der Waals surface area contributed by atoms with Gasteiger partial charge in [-0.1, -0.05) is 38.1 Å². The van der Waals surface area contributed by atoms with Crippen molar-refractivity contribution in [2.24, 2.45) is 0 Å². The molecule has 1 atom stereocenters. The number of hydrogen-bond donors (Lipinski definition) is 2. The number of imide groups is 1. The minimum absolute atomic E-state index is 0.253. The Morgan fingerprint density at radius 3 is 2.16 bits per heavy atom. The summed E-state index contributed by atoms with van der Waals surface area (Å²) in [4.78, 5) is 27.8. The number of nitrogens with one attached hydrogen (secondary N) is 2. The number of rotatable bonds is 5. The Morgan fingerprint density at radius 2 is 1.64 bits per heavy atom. The van der Waals surface area contributed by atoms with Gasteiger partial charge in [-0.15, -0.1) is 0 Å². The van der Waals surface area contributed by atoms with Gasteiger partial charge >= 0.3 is 6.03 Å². The first kappa shape index (κ1) is 19.4. The van der Waals surface area contributed by atoms with Crippen molar-refractivity contribution in [2.45, 2.75) is 39.3 Å². The lowest BCUT2D eigenvalue weighted by Crippen LogP contribution is -2.55. The van der Waals surface area contributed by atoms with Crippen LogP contribution in [0, 0.1) is 0 Å². The molecule has 0 aliphatic carbocycles. The fourth-order valence-corrected chi connectivity index (χ4v) is 3.02. The highest BCUT2D eigenvalue weighted by atomic mass is 16.2. The van der Waals surface area contributed by atoms with E-state index in [0.29, 0.717) is 5.92 Å². The second-order valence-electron chi connectivity index (χ2n) is 6.95. The molecule has 25 heavy (non-hydrogen) atoms. The Bertz CT molecular complexity index is 578. The zero-order chi connectivity index (χ0) is 18.4. The third kappa shape index (κ3) is 5.54. The Balaban J connectivity index is 1.80. The first-order valence-electron chi connectivity index (χ1n) is 8.98. The van der Waals surface area contributed by atoms with Crippen molar-refractivity contribution in [1.29, 1.82) is 0 Å². The van der Waals surface area contributed by atoms with Crippen LogP contribution in [0.15, 0.2) is 24.3 Å². The normalized spacial score (nSPS) is 17.3. The van der Waals surface area contributed by atoms with E-state index in [1.165, 1.54) is 18.2 Å². The van der Waals surface area contributed by atoms with Crippen molar-refractivity contribution in [1.82, 2.24) is 20.4 Å². The van der Waals surface area contributed by atoms with Gasteiger partial charge in [0.2, 0.25) is 5.91 Å². The van der Waals surface area contributed by atoms with E-state index in [-0.39, 0.29) is 11.9 Å². The Kier molecular flexibility index (Phi) is 6.96. The van der Waals surface area contributed by atoms with E-state index in [1.807, 2.05) is 6.92 Å². The number of piperazine rings is 1. The summed E-state index contributed by atoms with van der Waals surface area (Å²) in [5.74, 6) is 0.303. The fraction of sp³-hybridized carbons (Fsp3) is 0.579. The first-order chi connectivity index (χ1) is 11.9. The number of carbonyl (C=O) groups is 2. The zero-order valence-corrected chi connectivity index (χ0v) is 15.7. The quantitative estimate of drug-likeness (QED) is 0.853. The largest absolute Gasteiger partial charge is 0.341 e. The van der Waals surface area contributed by atoms with E-state index < -0.39 is 6.03 Å². The number of urea groups is 1. The molecule has 1 aliphatic rings. The van der Waals surface area contributed by atoms with Gasteiger partial charge in [-0.2, -0.15) is 0 Å². The molecule has 0 saturated carbocycles. The predicted octanol–water partition coefficient (Wildman–Crippen LogP) is 1.77. The lowest BCUT2D eigenvalue weighted by Gasteiger charge is -2.37. The van der Waals surface area contributed by atoms with Crippen LogP contribution in [-0.4, -0.2) is 61.0 Å². The molecule has 2 rings (SSSR count). The van der Waals surface area contributed by atoms with Crippen LogP contribution in [0.3, 0.4) is 0 Å². The molecule has 138 valence electrons. The molecule has 1 aromatic rings. The molecular formula is C19H30N4O2. The summed E-state index contributed by atoms with van der Waals surface area (Å²) in [6, 6.07) is 8.08. The lowest BCUT2D eigenvalue weighted by atomic mass is 10.0. The highest BCUT2D eigenvalue weighted by molar-refractivity contribution is 5.96. The van der Waals surface area contributed by atoms with Gasteiger partial charge in [0.25, 0.3) is 0 Å². The maximum Gasteiger partial charge on any atom is 0.321 e. The summed E-state index contributed by atoms with van der Waals surface area (Å²) in [6.07, 6.45) is 0. The molecule has 0 unspecified atom stereocenters. The molecular weight excluding hydrogens is 316 g/mol. The molecule has 0 radical (unpaired) electrons. The minimum atomic E-state index is -0.458. The van der Waals surface area contributed by atoms with Crippen molar-refractivity contribution in [3.05, 3.63) is 35.4 Å². The summed E-state index contributed by atoms with van der Waals surface area (Å²) < 4.78 is 0. The average molecular weight is 346 g/mol. The molecule has 1 saturated heterocycles. The van der Waals surface area contributed by atoms with Crippen LogP contribution in [0.4, 0.5) is 4.79 Å². The summed E-state index contributed by atoms with van der Waals surface area (Å²) in [5.41, 5.74) is 2.69. The topological polar surface area (TPSA) is 64.7 Å². The van der Waals surface area contributed by atoms with E-state index in [4.69, 9.17) is 0 Å². The molecule has 1 aromatic carbocycles. The number of carbonyl (C=O) groups excluding carboxylic acids is 2. The van der Waals surface area contributed by atoms with E-state index in [0.717, 1.165) is 32.7 Å². The predicted molar refractivity (Wildman–Crippen MR) is 99.4 cm³/mol. The molecule has 2 N–H and O–H groups in total. The van der Waals surface area contributed by atoms with Crippen molar-refractivity contribution in [2.75, 3.05) is 33.2 Å². The van der Waals surface area contributed by atoms with Crippen LogP contribution in [0.2, 0.25) is 0 Å². The Hall–Kier alpha value is -1.92. The van der Waals surface area contributed by atoms with E-state index in [2.05, 4.69) is 58.5 Å². The fourth-order valence-electron chi connectivity index (χ4n) is 3.02. The molecule has 0 spiro atoms. The molecule has 6 heteroatoms. The zero-order valence-electron chi connectivity index (χ0n) is 15.7. The second-order valence-corrected chi connectivity index (χ2v) is 6.95. The summed E-state index contributed by atoms with van der Waals surface area (Å²) in [7, 11) is 1.50. The van der Waals surface area contributed by atoms with Crippen LogP contribution < -0.4 is 10.6 Å². The lowest BCUT2D eigenvalue weighted by molar-refractivity contribution is -0.125. The number of hydrogen-bond acceptors (Lipinski definition) is 4. The Labute approximate surface area is 150 Å². The molecule has 6 nitrogen and oxygen atoms in total.